The molecule has 0 aliphatic carbocycles. The summed E-state index contributed by atoms with van der Waals surface area (Å²) in [6.45, 7) is -1.49. The Labute approximate surface area is 110 Å². The van der Waals surface area contributed by atoms with Gasteiger partial charge in [-0.25, -0.2) is 0 Å². The van der Waals surface area contributed by atoms with Crippen LogP contribution in [0.3, 0.4) is 0 Å². The van der Waals surface area contributed by atoms with Crippen LogP contribution < -0.4 is 0 Å². The van der Waals surface area contributed by atoms with Gasteiger partial charge in [0.05, 0.1) is 25.6 Å². The van der Waals surface area contributed by atoms with E-state index in [4.69, 9.17) is 10.4 Å². The predicted octanol–water partition coefficient (Wildman–Crippen LogP) is 0.605. The molecule has 0 saturated carbocycles. The zero-order valence-electron chi connectivity index (χ0n) is 10.8. The van der Waals surface area contributed by atoms with Crippen molar-refractivity contribution in [3.63, 3.8) is 0 Å². The largest absolute Gasteiger partial charge is 0.401 e. The van der Waals surface area contributed by atoms with E-state index in [0.717, 1.165) is 4.90 Å². The first-order valence-electron chi connectivity index (χ1n) is 5.81. The van der Waals surface area contributed by atoms with Crippen molar-refractivity contribution in [1.29, 1.82) is 5.26 Å². The Morgan fingerprint density at radius 3 is 2.42 bits per heavy atom. The lowest BCUT2D eigenvalue weighted by Gasteiger charge is -2.23. The summed E-state index contributed by atoms with van der Waals surface area (Å²) in [6, 6.07) is 1.88. The summed E-state index contributed by atoms with van der Waals surface area (Å²) in [5.74, 6) is -0.319. The minimum absolute atomic E-state index is 0.0714. The first kappa shape index (κ1) is 17.7. The molecule has 1 amide bonds. The van der Waals surface area contributed by atoms with Gasteiger partial charge in [0.2, 0.25) is 5.91 Å². The van der Waals surface area contributed by atoms with Crippen molar-refractivity contribution in [2.24, 2.45) is 0 Å². The van der Waals surface area contributed by atoms with E-state index in [1.54, 1.807) is 0 Å². The molecule has 0 unspecified atom stereocenters. The fraction of sp³-hybridized carbons (Fsp3) is 0.818. The van der Waals surface area contributed by atoms with Crippen LogP contribution in [0.4, 0.5) is 13.2 Å². The van der Waals surface area contributed by atoms with Gasteiger partial charge in [-0.2, -0.15) is 18.4 Å². The number of nitrogens with zero attached hydrogens (tertiary/aromatic N) is 3. The highest BCUT2D eigenvalue weighted by molar-refractivity contribution is 5.76. The average Bonchev–Trinajstić information content (AvgIpc) is 2.31. The van der Waals surface area contributed by atoms with Crippen molar-refractivity contribution in [2.45, 2.75) is 19.0 Å². The van der Waals surface area contributed by atoms with Crippen molar-refractivity contribution in [2.75, 3.05) is 39.8 Å². The summed E-state index contributed by atoms with van der Waals surface area (Å²) >= 11 is 0. The lowest BCUT2D eigenvalue weighted by atomic mass is 10.3. The zero-order chi connectivity index (χ0) is 14.9. The summed E-state index contributed by atoms with van der Waals surface area (Å²) in [5.41, 5.74) is 0. The standard InChI is InChI=1S/C11H18F3N3O2/c1-16(5-2-4-15)10(19)3-6-17(7-8-18)9-11(12,13)14/h18H,2-3,5-9H2,1H3. The first-order chi connectivity index (χ1) is 8.80. The van der Waals surface area contributed by atoms with E-state index in [2.05, 4.69) is 0 Å². The van der Waals surface area contributed by atoms with E-state index >= 15 is 0 Å². The van der Waals surface area contributed by atoms with Crippen LogP contribution >= 0.6 is 0 Å². The molecule has 0 rings (SSSR count). The van der Waals surface area contributed by atoms with Crippen LogP contribution in [0.1, 0.15) is 12.8 Å². The van der Waals surface area contributed by atoms with Gasteiger partial charge in [-0.15, -0.1) is 0 Å². The molecule has 0 spiro atoms. The van der Waals surface area contributed by atoms with Gasteiger partial charge in [-0.3, -0.25) is 9.69 Å². The highest BCUT2D eigenvalue weighted by Gasteiger charge is 2.30. The van der Waals surface area contributed by atoms with Crippen LogP contribution in [-0.2, 0) is 4.79 Å². The molecule has 0 heterocycles. The van der Waals surface area contributed by atoms with Gasteiger partial charge in [0.15, 0.2) is 0 Å². The number of carbonyl (C=O) groups is 1. The lowest BCUT2D eigenvalue weighted by molar-refractivity contribution is -0.148. The van der Waals surface area contributed by atoms with Gasteiger partial charge in [-0.05, 0) is 0 Å². The summed E-state index contributed by atoms with van der Waals surface area (Å²) in [6.07, 6.45) is -4.24. The van der Waals surface area contributed by atoms with Gasteiger partial charge in [0.1, 0.15) is 0 Å². The van der Waals surface area contributed by atoms with Crippen molar-refractivity contribution in [3.8, 4) is 6.07 Å². The molecule has 0 aliphatic heterocycles. The number of aliphatic hydroxyl groups is 1. The number of aliphatic hydroxyl groups excluding tert-OH is 1. The molecule has 19 heavy (non-hydrogen) atoms. The Hall–Kier alpha value is -1.33. The third-order valence-electron chi connectivity index (χ3n) is 2.45. The molecule has 0 aromatic rings. The number of nitriles is 1. The predicted molar refractivity (Wildman–Crippen MR) is 62.1 cm³/mol. The smallest absolute Gasteiger partial charge is 0.395 e. The molecule has 0 radical (unpaired) electrons. The summed E-state index contributed by atoms with van der Waals surface area (Å²) in [4.78, 5) is 13.9. The minimum Gasteiger partial charge on any atom is -0.395 e. The first-order valence-corrected chi connectivity index (χ1v) is 5.81. The Morgan fingerprint density at radius 2 is 1.95 bits per heavy atom. The van der Waals surface area contributed by atoms with Crippen LogP contribution in [0, 0.1) is 11.3 Å². The molecule has 0 aliphatic rings. The topological polar surface area (TPSA) is 67.6 Å². The molecule has 1 N–H and O–H groups in total. The van der Waals surface area contributed by atoms with Gasteiger partial charge in [-0.1, -0.05) is 0 Å². The maximum Gasteiger partial charge on any atom is 0.401 e. The second-order valence-corrected chi connectivity index (χ2v) is 4.09. The quantitative estimate of drug-likeness (QED) is 0.707. The second-order valence-electron chi connectivity index (χ2n) is 4.09. The third-order valence-corrected chi connectivity index (χ3v) is 2.45. The highest BCUT2D eigenvalue weighted by atomic mass is 19.4. The van der Waals surface area contributed by atoms with Crippen molar-refractivity contribution in [3.05, 3.63) is 0 Å². The maximum absolute atomic E-state index is 12.2. The third kappa shape index (κ3) is 9.27. The number of hydrogen-bond acceptors (Lipinski definition) is 4. The summed E-state index contributed by atoms with van der Waals surface area (Å²) < 4.78 is 36.7. The number of hydrogen-bond donors (Lipinski definition) is 1. The van der Waals surface area contributed by atoms with Crippen LogP contribution in [0.2, 0.25) is 0 Å². The Balaban J connectivity index is 4.17. The fourth-order valence-electron chi connectivity index (χ4n) is 1.45. The number of alkyl halides is 3. The van der Waals surface area contributed by atoms with Crippen molar-refractivity contribution >= 4 is 5.91 Å². The SMILES string of the molecule is CN(CCC#N)C(=O)CCN(CCO)CC(F)(F)F. The lowest BCUT2D eigenvalue weighted by Crippen LogP contribution is -2.39. The van der Waals surface area contributed by atoms with Gasteiger partial charge < -0.3 is 10.0 Å². The average molecular weight is 281 g/mol. The zero-order valence-corrected chi connectivity index (χ0v) is 10.8. The Bertz CT molecular complexity index is 315. The Morgan fingerprint density at radius 1 is 1.32 bits per heavy atom. The Kier molecular flexibility index (Phi) is 8.11. The summed E-state index contributed by atoms with van der Waals surface area (Å²) in [7, 11) is 1.50. The van der Waals surface area contributed by atoms with Crippen LogP contribution in [0.25, 0.3) is 0 Å². The second kappa shape index (κ2) is 8.72. The van der Waals surface area contributed by atoms with Gasteiger partial charge in [0.25, 0.3) is 0 Å². The molecule has 0 bridgehead atoms. The molecular formula is C11H18F3N3O2. The van der Waals surface area contributed by atoms with Gasteiger partial charge >= 0.3 is 6.18 Å². The molecule has 0 saturated heterocycles. The number of halogens is 3. The molecule has 0 fully saturated rings. The molecular weight excluding hydrogens is 263 g/mol. The normalized spacial score (nSPS) is 11.4. The highest BCUT2D eigenvalue weighted by Crippen LogP contribution is 2.16. The van der Waals surface area contributed by atoms with Crippen LogP contribution in [0.5, 0.6) is 0 Å². The van der Waals surface area contributed by atoms with E-state index in [0.29, 0.717) is 0 Å². The summed E-state index contributed by atoms with van der Waals surface area (Å²) in [5, 5.41) is 17.0. The van der Waals surface area contributed by atoms with Crippen molar-refractivity contribution < 1.29 is 23.1 Å². The van der Waals surface area contributed by atoms with Crippen molar-refractivity contribution in [1.82, 2.24) is 9.80 Å². The molecule has 5 nitrogen and oxygen atoms in total. The van der Waals surface area contributed by atoms with Gasteiger partial charge in [0, 0.05) is 33.1 Å². The molecule has 110 valence electrons. The maximum atomic E-state index is 12.2. The van der Waals surface area contributed by atoms with Crippen LogP contribution in [0.15, 0.2) is 0 Å². The molecule has 8 heteroatoms. The number of amides is 1. The van der Waals surface area contributed by atoms with E-state index in [1.807, 2.05) is 6.07 Å². The fourth-order valence-corrected chi connectivity index (χ4v) is 1.45. The molecule has 0 atom stereocenters. The minimum atomic E-state index is -4.36. The molecule has 0 aromatic carbocycles. The number of carbonyl (C=O) groups excluding carboxylic acids is 1. The van der Waals surface area contributed by atoms with E-state index < -0.39 is 19.3 Å². The van der Waals surface area contributed by atoms with E-state index in [-0.39, 0.29) is 38.4 Å². The monoisotopic (exact) mass is 281 g/mol. The molecule has 0 aromatic heterocycles. The van der Waals surface area contributed by atoms with E-state index in [9.17, 15) is 18.0 Å². The van der Waals surface area contributed by atoms with E-state index in [1.165, 1.54) is 11.9 Å². The number of rotatable bonds is 8. The van der Waals surface area contributed by atoms with Crippen LogP contribution in [-0.4, -0.2) is 66.8 Å².